The lowest BCUT2D eigenvalue weighted by Crippen LogP contribution is -2.21. The molecule has 0 aliphatic heterocycles. The van der Waals surface area contributed by atoms with Gasteiger partial charge in [-0.05, 0) is 54.6 Å². The summed E-state index contributed by atoms with van der Waals surface area (Å²) < 4.78 is 43.7. The molecule has 0 aromatic heterocycles. The first-order valence-electron chi connectivity index (χ1n) is 10.2. The van der Waals surface area contributed by atoms with Crippen molar-refractivity contribution in [3.63, 3.8) is 0 Å². The predicted octanol–water partition coefficient (Wildman–Crippen LogP) is 6.64. The maximum absolute atomic E-state index is 12.9. The lowest BCUT2D eigenvalue weighted by molar-refractivity contribution is -0.137. The van der Waals surface area contributed by atoms with Crippen LogP contribution < -0.4 is 10.2 Å². The van der Waals surface area contributed by atoms with Gasteiger partial charge in [-0.1, -0.05) is 23.7 Å². The Kier molecular flexibility index (Phi) is 8.08. The molecule has 0 unspecified atom stereocenters. The number of nitrogens with one attached hydrogen (secondary N) is 1. The molecular formula is C24H20ClF3N4O3. The van der Waals surface area contributed by atoms with Crippen molar-refractivity contribution >= 4 is 46.2 Å². The number of alkyl halides is 3. The Bertz CT molecular complexity index is 1250. The Balaban J connectivity index is 1.65. The van der Waals surface area contributed by atoms with Gasteiger partial charge in [0.25, 0.3) is 5.91 Å². The van der Waals surface area contributed by atoms with Crippen molar-refractivity contribution in [2.45, 2.75) is 6.18 Å². The van der Waals surface area contributed by atoms with Gasteiger partial charge in [-0.3, -0.25) is 4.79 Å². The van der Waals surface area contributed by atoms with Crippen molar-refractivity contribution < 1.29 is 27.5 Å². The summed E-state index contributed by atoms with van der Waals surface area (Å²) in [5, 5.41) is 10.3. The van der Waals surface area contributed by atoms with Crippen LogP contribution in [0.15, 0.2) is 77.0 Å². The zero-order valence-corrected chi connectivity index (χ0v) is 19.4. The van der Waals surface area contributed by atoms with E-state index in [2.05, 4.69) is 15.5 Å². The van der Waals surface area contributed by atoms with Gasteiger partial charge in [-0.15, -0.1) is 5.11 Å². The summed E-state index contributed by atoms with van der Waals surface area (Å²) in [5.41, 5.74) is 0.595. The number of nitrogens with zero attached hydrogens (tertiary/aromatic N) is 3. The van der Waals surface area contributed by atoms with Crippen LogP contribution in [0.1, 0.15) is 15.9 Å². The highest BCUT2D eigenvalue weighted by molar-refractivity contribution is 6.33. The fourth-order valence-corrected chi connectivity index (χ4v) is 3.02. The standard InChI is InChI=1S/C24H20ClF3N4O3/c1-32(2)17-10-8-16(9-11-17)30-31-20-6-4-3-5-18(20)23(34)35-14-22(33)29-21-13-15(24(26,27)28)7-12-19(21)25/h3-13H,14H2,1-2H3,(H,29,33). The number of esters is 1. The smallest absolute Gasteiger partial charge is 0.416 e. The van der Waals surface area contributed by atoms with Gasteiger partial charge in [0.2, 0.25) is 0 Å². The van der Waals surface area contributed by atoms with E-state index in [1.165, 1.54) is 6.07 Å². The Hall–Kier alpha value is -3.92. The fourth-order valence-electron chi connectivity index (χ4n) is 2.86. The molecule has 0 spiro atoms. The molecule has 0 saturated carbocycles. The first kappa shape index (κ1) is 25.7. The first-order valence-corrected chi connectivity index (χ1v) is 10.5. The zero-order chi connectivity index (χ0) is 25.6. The largest absolute Gasteiger partial charge is 0.452 e. The van der Waals surface area contributed by atoms with Crippen LogP contribution in [0.5, 0.6) is 0 Å². The molecule has 3 rings (SSSR count). The number of azo groups is 1. The third-order valence-corrected chi connectivity index (χ3v) is 4.99. The van der Waals surface area contributed by atoms with E-state index in [0.717, 1.165) is 17.8 Å². The monoisotopic (exact) mass is 504 g/mol. The van der Waals surface area contributed by atoms with E-state index in [0.29, 0.717) is 11.8 Å². The number of carbonyl (C=O) groups is 2. The number of anilines is 2. The Morgan fingerprint density at radius 2 is 1.69 bits per heavy atom. The normalized spacial score (nSPS) is 11.4. The average molecular weight is 505 g/mol. The number of ether oxygens (including phenoxy) is 1. The van der Waals surface area contributed by atoms with Crippen LogP contribution in [-0.4, -0.2) is 32.6 Å². The van der Waals surface area contributed by atoms with Crippen LogP contribution in [0.2, 0.25) is 5.02 Å². The number of benzene rings is 3. The molecule has 1 amide bonds. The minimum atomic E-state index is -4.61. The molecule has 0 heterocycles. The molecule has 0 fully saturated rings. The third kappa shape index (κ3) is 7.03. The number of amides is 1. The first-order chi connectivity index (χ1) is 16.5. The molecule has 3 aromatic rings. The van der Waals surface area contributed by atoms with E-state index in [1.54, 1.807) is 30.3 Å². The molecule has 0 aliphatic carbocycles. The van der Waals surface area contributed by atoms with Gasteiger partial charge in [-0.25, -0.2) is 4.79 Å². The summed E-state index contributed by atoms with van der Waals surface area (Å²) in [4.78, 5) is 26.6. The van der Waals surface area contributed by atoms with Crippen molar-refractivity contribution in [2.75, 3.05) is 30.9 Å². The van der Waals surface area contributed by atoms with Crippen LogP contribution in [0.4, 0.5) is 35.9 Å². The van der Waals surface area contributed by atoms with Gasteiger partial charge in [0.05, 0.1) is 27.5 Å². The highest BCUT2D eigenvalue weighted by atomic mass is 35.5. The lowest BCUT2D eigenvalue weighted by atomic mass is 10.2. The number of rotatable bonds is 7. The van der Waals surface area contributed by atoms with E-state index in [9.17, 15) is 22.8 Å². The minimum Gasteiger partial charge on any atom is -0.452 e. The molecule has 0 atom stereocenters. The molecule has 35 heavy (non-hydrogen) atoms. The Morgan fingerprint density at radius 1 is 1.00 bits per heavy atom. The second kappa shape index (κ2) is 11.0. The fraction of sp³-hybridized carbons (Fsp3) is 0.167. The minimum absolute atomic E-state index is 0.0612. The lowest BCUT2D eigenvalue weighted by Gasteiger charge is -2.12. The molecule has 182 valence electrons. The maximum atomic E-state index is 12.9. The number of carbonyl (C=O) groups excluding carboxylic acids is 2. The summed E-state index contributed by atoms with van der Waals surface area (Å²) in [6.07, 6.45) is -4.61. The van der Waals surface area contributed by atoms with Gasteiger partial charge in [0.1, 0.15) is 5.69 Å². The average Bonchev–Trinajstić information content (AvgIpc) is 2.82. The Morgan fingerprint density at radius 3 is 2.34 bits per heavy atom. The maximum Gasteiger partial charge on any atom is 0.416 e. The molecule has 11 heteroatoms. The number of hydrogen-bond acceptors (Lipinski definition) is 6. The topological polar surface area (TPSA) is 83.4 Å². The summed E-state index contributed by atoms with van der Waals surface area (Å²) in [6, 6.07) is 16.0. The summed E-state index contributed by atoms with van der Waals surface area (Å²) in [6.45, 7) is -0.747. The molecule has 0 bridgehead atoms. The zero-order valence-electron chi connectivity index (χ0n) is 18.6. The highest BCUT2D eigenvalue weighted by Gasteiger charge is 2.31. The molecule has 0 aliphatic rings. The van der Waals surface area contributed by atoms with E-state index in [-0.39, 0.29) is 22.0 Å². The molecule has 0 saturated heterocycles. The summed E-state index contributed by atoms with van der Waals surface area (Å²) in [5.74, 6) is -1.72. The van der Waals surface area contributed by atoms with Crippen molar-refractivity contribution in [2.24, 2.45) is 10.2 Å². The highest BCUT2D eigenvalue weighted by Crippen LogP contribution is 2.33. The van der Waals surface area contributed by atoms with E-state index >= 15 is 0 Å². The van der Waals surface area contributed by atoms with Gasteiger partial charge >= 0.3 is 12.1 Å². The molecule has 1 N–H and O–H groups in total. The van der Waals surface area contributed by atoms with Crippen molar-refractivity contribution in [3.8, 4) is 0 Å². The molecule has 7 nitrogen and oxygen atoms in total. The number of hydrogen-bond donors (Lipinski definition) is 1. The van der Waals surface area contributed by atoms with Gasteiger partial charge in [0, 0.05) is 19.8 Å². The van der Waals surface area contributed by atoms with Gasteiger partial charge in [-0.2, -0.15) is 18.3 Å². The van der Waals surface area contributed by atoms with Crippen LogP contribution in [0, 0.1) is 0 Å². The molecule has 0 radical (unpaired) electrons. The van der Waals surface area contributed by atoms with Crippen molar-refractivity contribution in [1.82, 2.24) is 0 Å². The number of halogens is 4. The van der Waals surface area contributed by atoms with Gasteiger partial charge < -0.3 is 15.0 Å². The van der Waals surface area contributed by atoms with E-state index in [1.807, 2.05) is 31.1 Å². The van der Waals surface area contributed by atoms with Crippen molar-refractivity contribution in [3.05, 3.63) is 82.9 Å². The summed E-state index contributed by atoms with van der Waals surface area (Å²) in [7, 11) is 3.82. The third-order valence-electron chi connectivity index (χ3n) is 4.67. The predicted molar refractivity (Wildman–Crippen MR) is 127 cm³/mol. The van der Waals surface area contributed by atoms with E-state index < -0.39 is 30.2 Å². The van der Waals surface area contributed by atoms with Crippen LogP contribution in [0.25, 0.3) is 0 Å². The Labute approximate surface area is 204 Å². The van der Waals surface area contributed by atoms with Crippen molar-refractivity contribution in [1.29, 1.82) is 0 Å². The van der Waals surface area contributed by atoms with Crippen LogP contribution >= 0.6 is 11.6 Å². The van der Waals surface area contributed by atoms with Crippen LogP contribution in [0.3, 0.4) is 0 Å². The van der Waals surface area contributed by atoms with Gasteiger partial charge in [0.15, 0.2) is 6.61 Å². The van der Waals surface area contributed by atoms with Crippen LogP contribution in [-0.2, 0) is 15.7 Å². The quantitative estimate of drug-likeness (QED) is 0.289. The van der Waals surface area contributed by atoms with E-state index in [4.69, 9.17) is 16.3 Å². The second-order valence-electron chi connectivity index (χ2n) is 7.44. The SMILES string of the molecule is CN(C)c1ccc(N=Nc2ccccc2C(=O)OCC(=O)Nc2cc(C(F)(F)F)ccc2Cl)cc1. The molecule has 3 aromatic carbocycles. The summed E-state index contributed by atoms with van der Waals surface area (Å²) >= 11 is 5.86. The second-order valence-corrected chi connectivity index (χ2v) is 7.85. The molecular weight excluding hydrogens is 485 g/mol.